The van der Waals surface area contributed by atoms with Gasteiger partial charge in [0, 0.05) is 44.8 Å². The fourth-order valence-corrected chi connectivity index (χ4v) is 6.81. The second-order valence-electron chi connectivity index (χ2n) is 9.19. The summed E-state index contributed by atoms with van der Waals surface area (Å²) in [7, 11) is -3.62. The van der Waals surface area contributed by atoms with E-state index in [0.717, 1.165) is 76.8 Å². The summed E-state index contributed by atoms with van der Waals surface area (Å²) in [6, 6.07) is 5.37. The Labute approximate surface area is 181 Å². The number of hydrogen-bond donors (Lipinski definition) is 0. The van der Waals surface area contributed by atoms with Gasteiger partial charge in [-0.15, -0.1) is 0 Å². The lowest BCUT2D eigenvalue weighted by Crippen LogP contribution is -2.40. The number of rotatable bonds is 4. The molecule has 3 fully saturated rings. The van der Waals surface area contributed by atoms with E-state index in [0.29, 0.717) is 29.5 Å². The average molecular weight is 434 g/mol. The number of carbonyl (C=O) groups excluding carboxylic acids is 1. The van der Waals surface area contributed by atoms with E-state index in [9.17, 15) is 13.2 Å². The topological polar surface area (TPSA) is 60.9 Å². The van der Waals surface area contributed by atoms with Crippen molar-refractivity contribution in [1.29, 1.82) is 0 Å². The Morgan fingerprint density at radius 2 is 1.57 bits per heavy atom. The lowest BCUT2D eigenvalue weighted by molar-refractivity contribution is 0.0683. The van der Waals surface area contributed by atoms with E-state index in [-0.39, 0.29) is 5.91 Å². The minimum atomic E-state index is -3.62. The third-order valence-corrected chi connectivity index (χ3v) is 8.71. The molecule has 0 radical (unpaired) electrons. The van der Waals surface area contributed by atoms with Crippen LogP contribution in [0, 0.1) is 5.92 Å². The molecule has 0 aliphatic carbocycles. The van der Waals surface area contributed by atoms with Gasteiger partial charge in [-0.1, -0.05) is 13.3 Å². The Kier molecular flexibility index (Phi) is 6.68. The molecular formula is C23H35N3O3S. The molecular weight excluding hydrogens is 398 g/mol. The highest BCUT2D eigenvalue weighted by molar-refractivity contribution is 7.89. The minimum absolute atomic E-state index is 0.0400. The first-order chi connectivity index (χ1) is 14.5. The quantitative estimate of drug-likeness (QED) is 0.726. The van der Waals surface area contributed by atoms with Gasteiger partial charge in [-0.25, -0.2) is 8.42 Å². The first kappa shape index (κ1) is 21.6. The Morgan fingerprint density at radius 1 is 0.900 bits per heavy atom. The first-order valence-corrected chi connectivity index (χ1v) is 13.1. The van der Waals surface area contributed by atoms with E-state index < -0.39 is 10.0 Å². The lowest BCUT2D eigenvalue weighted by Gasteiger charge is -2.34. The van der Waals surface area contributed by atoms with Crippen LogP contribution in [0.3, 0.4) is 0 Å². The molecule has 1 unspecified atom stereocenters. The van der Waals surface area contributed by atoms with Crippen LogP contribution in [-0.4, -0.2) is 62.8 Å². The van der Waals surface area contributed by atoms with Gasteiger partial charge in [0.1, 0.15) is 4.90 Å². The Balaban J connectivity index is 1.70. The van der Waals surface area contributed by atoms with Gasteiger partial charge >= 0.3 is 0 Å². The van der Waals surface area contributed by atoms with E-state index in [1.165, 1.54) is 6.42 Å². The van der Waals surface area contributed by atoms with Gasteiger partial charge in [-0.3, -0.25) is 4.79 Å². The van der Waals surface area contributed by atoms with Gasteiger partial charge < -0.3 is 9.80 Å². The van der Waals surface area contributed by atoms with Crippen LogP contribution in [0.2, 0.25) is 0 Å². The van der Waals surface area contributed by atoms with Crippen molar-refractivity contribution in [2.24, 2.45) is 5.92 Å². The summed E-state index contributed by atoms with van der Waals surface area (Å²) in [5, 5.41) is 0. The predicted molar refractivity (Wildman–Crippen MR) is 119 cm³/mol. The number of likely N-dealkylation sites (tertiary alicyclic amines) is 1. The van der Waals surface area contributed by atoms with Gasteiger partial charge in [-0.2, -0.15) is 4.31 Å². The summed E-state index contributed by atoms with van der Waals surface area (Å²) >= 11 is 0. The maximum Gasteiger partial charge on any atom is 0.253 e. The molecule has 30 heavy (non-hydrogen) atoms. The molecule has 0 spiro atoms. The summed E-state index contributed by atoms with van der Waals surface area (Å²) in [5.74, 6) is 0.453. The molecule has 3 saturated heterocycles. The van der Waals surface area contributed by atoms with Crippen LogP contribution in [-0.2, 0) is 10.0 Å². The number of nitrogens with zero attached hydrogens (tertiary/aromatic N) is 3. The molecule has 3 heterocycles. The van der Waals surface area contributed by atoms with Gasteiger partial charge in [0.25, 0.3) is 5.91 Å². The zero-order valence-corrected chi connectivity index (χ0v) is 19.0. The van der Waals surface area contributed by atoms with Crippen molar-refractivity contribution in [2.75, 3.05) is 44.2 Å². The van der Waals surface area contributed by atoms with Gasteiger partial charge in [0.2, 0.25) is 10.0 Å². The highest BCUT2D eigenvalue weighted by Gasteiger charge is 2.32. The normalized spacial score (nSPS) is 24.1. The number of sulfonamides is 1. The highest BCUT2D eigenvalue weighted by atomic mass is 32.2. The molecule has 1 amide bonds. The Bertz CT molecular complexity index is 858. The van der Waals surface area contributed by atoms with E-state index in [1.807, 2.05) is 17.0 Å². The molecule has 0 N–H and O–H groups in total. The van der Waals surface area contributed by atoms with Gasteiger partial charge in [0.15, 0.2) is 0 Å². The molecule has 0 saturated carbocycles. The smallest absolute Gasteiger partial charge is 0.253 e. The Morgan fingerprint density at radius 3 is 2.23 bits per heavy atom. The third-order valence-electron chi connectivity index (χ3n) is 6.78. The van der Waals surface area contributed by atoms with Crippen LogP contribution < -0.4 is 4.90 Å². The number of anilines is 1. The van der Waals surface area contributed by atoms with Crippen molar-refractivity contribution in [3.63, 3.8) is 0 Å². The van der Waals surface area contributed by atoms with Crippen LogP contribution in [0.1, 0.15) is 68.6 Å². The largest absolute Gasteiger partial charge is 0.370 e. The summed E-state index contributed by atoms with van der Waals surface area (Å²) in [6.07, 6.45) is 8.39. The molecule has 0 bridgehead atoms. The number of amides is 1. The number of carbonyl (C=O) groups is 1. The fourth-order valence-electron chi connectivity index (χ4n) is 5.05. The molecule has 7 heteroatoms. The molecule has 1 aromatic rings. The number of hydrogen-bond acceptors (Lipinski definition) is 4. The minimum Gasteiger partial charge on any atom is -0.370 e. The van der Waals surface area contributed by atoms with E-state index in [1.54, 1.807) is 10.4 Å². The standard InChI is InChI=1S/C23H35N3O3S/c1-19-9-8-14-25(18-19)23(27)20-10-11-21(24-12-4-2-5-13-24)22(17-20)30(28,29)26-15-6-3-7-16-26/h10-11,17,19H,2-9,12-16,18H2,1H3. The SMILES string of the molecule is CC1CCCN(C(=O)c2ccc(N3CCCCC3)c(S(=O)(=O)N3CCCCC3)c2)C1. The zero-order valence-electron chi connectivity index (χ0n) is 18.2. The molecule has 4 rings (SSSR count). The van der Waals surface area contributed by atoms with Crippen molar-refractivity contribution in [2.45, 2.75) is 63.2 Å². The molecule has 0 aromatic heterocycles. The number of benzene rings is 1. The van der Waals surface area contributed by atoms with E-state index in [4.69, 9.17) is 0 Å². The molecule has 1 aromatic carbocycles. The lowest BCUT2D eigenvalue weighted by atomic mass is 9.99. The second-order valence-corrected chi connectivity index (χ2v) is 11.1. The molecule has 3 aliphatic heterocycles. The molecule has 166 valence electrons. The summed E-state index contributed by atoms with van der Waals surface area (Å²) < 4.78 is 28.9. The van der Waals surface area contributed by atoms with Crippen LogP contribution in [0.4, 0.5) is 5.69 Å². The summed E-state index contributed by atoms with van der Waals surface area (Å²) in [4.78, 5) is 17.6. The zero-order chi connectivity index (χ0) is 21.1. The molecule has 1 atom stereocenters. The first-order valence-electron chi connectivity index (χ1n) is 11.7. The van der Waals surface area contributed by atoms with E-state index >= 15 is 0 Å². The van der Waals surface area contributed by atoms with Gasteiger partial charge in [-0.05, 0) is 69.1 Å². The second kappa shape index (κ2) is 9.27. The predicted octanol–water partition coefficient (Wildman–Crippen LogP) is 3.72. The monoisotopic (exact) mass is 433 g/mol. The van der Waals surface area contributed by atoms with Crippen molar-refractivity contribution in [3.05, 3.63) is 23.8 Å². The number of piperidine rings is 3. The van der Waals surface area contributed by atoms with Gasteiger partial charge in [0.05, 0.1) is 5.69 Å². The van der Waals surface area contributed by atoms with E-state index in [2.05, 4.69) is 11.8 Å². The van der Waals surface area contributed by atoms with Crippen LogP contribution in [0.25, 0.3) is 0 Å². The van der Waals surface area contributed by atoms with Crippen molar-refractivity contribution >= 4 is 21.6 Å². The summed E-state index contributed by atoms with van der Waals surface area (Å²) in [5.41, 5.74) is 1.27. The Hall–Kier alpha value is -1.60. The van der Waals surface area contributed by atoms with Crippen LogP contribution in [0.5, 0.6) is 0 Å². The molecule has 6 nitrogen and oxygen atoms in total. The highest BCUT2D eigenvalue weighted by Crippen LogP contribution is 2.33. The van der Waals surface area contributed by atoms with Crippen molar-refractivity contribution < 1.29 is 13.2 Å². The van der Waals surface area contributed by atoms with Crippen molar-refractivity contribution in [3.8, 4) is 0 Å². The van der Waals surface area contributed by atoms with Crippen molar-refractivity contribution in [1.82, 2.24) is 9.21 Å². The maximum absolute atomic E-state index is 13.6. The molecule has 3 aliphatic rings. The summed E-state index contributed by atoms with van der Waals surface area (Å²) in [6.45, 7) is 6.57. The maximum atomic E-state index is 13.6. The average Bonchev–Trinajstić information content (AvgIpc) is 2.79. The van der Waals surface area contributed by atoms with Crippen LogP contribution >= 0.6 is 0 Å². The van der Waals surface area contributed by atoms with Crippen LogP contribution in [0.15, 0.2) is 23.1 Å². The fraction of sp³-hybridized carbons (Fsp3) is 0.696. The third kappa shape index (κ3) is 4.52.